The average Bonchev–Trinajstić information content (AvgIpc) is 2.82. The second-order valence-corrected chi connectivity index (χ2v) is 7.52. The van der Waals surface area contributed by atoms with Gasteiger partial charge in [0.15, 0.2) is 0 Å². The number of imidazole rings is 1. The summed E-state index contributed by atoms with van der Waals surface area (Å²) in [5.74, 6) is 0.686. The summed E-state index contributed by atoms with van der Waals surface area (Å²) in [6, 6.07) is 4.46. The molecule has 3 aromatic rings. The van der Waals surface area contributed by atoms with Crippen molar-refractivity contribution in [2.75, 3.05) is 5.32 Å². The van der Waals surface area contributed by atoms with Crippen LogP contribution < -0.4 is 5.32 Å². The van der Waals surface area contributed by atoms with E-state index in [1.165, 1.54) is 6.42 Å². The van der Waals surface area contributed by atoms with Crippen molar-refractivity contribution in [2.24, 2.45) is 11.3 Å². The van der Waals surface area contributed by atoms with Crippen LogP contribution in [0.25, 0.3) is 16.2 Å². The Hall–Kier alpha value is -1.95. The van der Waals surface area contributed by atoms with Crippen LogP contribution in [-0.4, -0.2) is 25.6 Å². The third-order valence-corrected chi connectivity index (χ3v) is 5.75. The first-order valence-electron chi connectivity index (χ1n) is 7.59. The molecule has 2 atom stereocenters. The van der Waals surface area contributed by atoms with Crippen molar-refractivity contribution < 1.29 is 0 Å². The highest BCUT2D eigenvalue weighted by Gasteiger charge is 2.52. The summed E-state index contributed by atoms with van der Waals surface area (Å²) in [6.45, 7) is 6.92. The van der Waals surface area contributed by atoms with Crippen molar-refractivity contribution in [3.63, 3.8) is 0 Å². The van der Waals surface area contributed by atoms with Gasteiger partial charge in [-0.05, 0) is 29.9 Å². The molecule has 4 rings (SSSR count). The standard InChI is InChI=1S/C16H19N5S/c1-10(2)16(3)7-13(16)19-14-20-21-9-12(18-15(21)22-14)11-5-4-6-17-8-11/h4-6,8-10,13H,7H2,1-3H3,(H,19,20). The van der Waals surface area contributed by atoms with Gasteiger partial charge in [0.1, 0.15) is 0 Å². The smallest absolute Gasteiger partial charge is 0.214 e. The number of rotatable bonds is 4. The summed E-state index contributed by atoms with van der Waals surface area (Å²) in [5.41, 5.74) is 2.33. The van der Waals surface area contributed by atoms with Crippen LogP contribution in [0.3, 0.4) is 0 Å². The van der Waals surface area contributed by atoms with Crippen LogP contribution in [0.5, 0.6) is 0 Å². The van der Waals surface area contributed by atoms with Gasteiger partial charge in [0.05, 0.1) is 11.9 Å². The number of nitrogens with zero attached hydrogens (tertiary/aromatic N) is 4. The van der Waals surface area contributed by atoms with E-state index in [4.69, 9.17) is 0 Å². The van der Waals surface area contributed by atoms with E-state index < -0.39 is 0 Å². The minimum atomic E-state index is 0.397. The Morgan fingerprint density at radius 2 is 2.32 bits per heavy atom. The van der Waals surface area contributed by atoms with Gasteiger partial charge in [-0.3, -0.25) is 4.98 Å². The molecule has 1 fully saturated rings. The molecule has 6 heteroatoms. The summed E-state index contributed by atoms with van der Waals surface area (Å²) in [6.07, 6.45) is 6.77. The van der Waals surface area contributed by atoms with Gasteiger partial charge in [0.25, 0.3) is 0 Å². The van der Waals surface area contributed by atoms with E-state index in [-0.39, 0.29) is 0 Å². The molecule has 1 saturated carbocycles. The zero-order valence-electron chi connectivity index (χ0n) is 12.9. The third-order valence-electron chi connectivity index (χ3n) is 4.90. The monoisotopic (exact) mass is 313 g/mol. The first-order valence-corrected chi connectivity index (χ1v) is 8.41. The SMILES string of the molecule is CC(C)C1(C)CC1Nc1nn2cc(-c3cccnc3)nc2s1. The van der Waals surface area contributed by atoms with Crippen LogP contribution in [0.1, 0.15) is 27.2 Å². The van der Waals surface area contributed by atoms with Crippen molar-refractivity contribution >= 4 is 21.4 Å². The van der Waals surface area contributed by atoms with Crippen LogP contribution in [-0.2, 0) is 0 Å². The number of aromatic nitrogens is 4. The first-order chi connectivity index (χ1) is 10.6. The predicted molar refractivity (Wildman–Crippen MR) is 89.1 cm³/mol. The molecule has 0 aliphatic heterocycles. The van der Waals surface area contributed by atoms with Gasteiger partial charge < -0.3 is 5.32 Å². The number of hydrogen-bond acceptors (Lipinski definition) is 5. The van der Waals surface area contributed by atoms with Crippen molar-refractivity contribution in [3.8, 4) is 11.3 Å². The van der Waals surface area contributed by atoms with Crippen molar-refractivity contribution in [3.05, 3.63) is 30.7 Å². The van der Waals surface area contributed by atoms with E-state index in [1.54, 1.807) is 17.5 Å². The quantitative estimate of drug-likeness (QED) is 0.798. The molecule has 0 radical (unpaired) electrons. The van der Waals surface area contributed by atoms with Gasteiger partial charge in [0, 0.05) is 24.0 Å². The fourth-order valence-corrected chi connectivity index (χ4v) is 3.63. The van der Waals surface area contributed by atoms with Crippen molar-refractivity contribution in [1.29, 1.82) is 0 Å². The Kier molecular flexibility index (Phi) is 2.97. The van der Waals surface area contributed by atoms with Crippen LogP contribution in [0.15, 0.2) is 30.7 Å². The van der Waals surface area contributed by atoms with Gasteiger partial charge in [0.2, 0.25) is 10.1 Å². The van der Waals surface area contributed by atoms with E-state index in [1.807, 2.05) is 29.0 Å². The summed E-state index contributed by atoms with van der Waals surface area (Å²) in [7, 11) is 0. The maximum atomic E-state index is 4.64. The van der Waals surface area contributed by atoms with Crippen LogP contribution >= 0.6 is 11.3 Å². The molecule has 0 saturated heterocycles. The Balaban J connectivity index is 1.55. The highest BCUT2D eigenvalue weighted by Crippen LogP contribution is 2.53. The molecule has 1 N–H and O–H groups in total. The Morgan fingerprint density at radius 1 is 1.45 bits per heavy atom. The lowest BCUT2D eigenvalue weighted by Gasteiger charge is -2.15. The summed E-state index contributed by atoms with van der Waals surface area (Å²) in [5, 5.41) is 9.12. The minimum absolute atomic E-state index is 0.397. The number of hydrogen-bond donors (Lipinski definition) is 1. The highest BCUT2D eigenvalue weighted by atomic mass is 32.1. The Bertz CT molecular complexity index is 775. The zero-order chi connectivity index (χ0) is 15.3. The molecule has 0 spiro atoms. The molecule has 22 heavy (non-hydrogen) atoms. The minimum Gasteiger partial charge on any atom is -0.357 e. The maximum Gasteiger partial charge on any atom is 0.214 e. The second-order valence-electron chi connectivity index (χ2n) is 6.56. The van der Waals surface area contributed by atoms with Gasteiger partial charge in [-0.15, -0.1) is 5.10 Å². The number of fused-ring (bicyclic) bond motifs is 1. The fourth-order valence-electron chi connectivity index (χ4n) is 2.80. The largest absolute Gasteiger partial charge is 0.357 e. The molecule has 3 heterocycles. The first kappa shape index (κ1) is 13.7. The molecular weight excluding hydrogens is 294 g/mol. The van der Waals surface area contributed by atoms with E-state index >= 15 is 0 Å². The third kappa shape index (κ3) is 2.18. The van der Waals surface area contributed by atoms with E-state index in [0.29, 0.717) is 17.4 Å². The molecule has 0 amide bonds. The van der Waals surface area contributed by atoms with Crippen LogP contribution in [0, 0.1) is 11.3 Å². The molecule has 0 bridgehead atoms. The average molecular weight is 313 g/mol. The van der Waals surface area contributed by atoms with Crippen molar-refractivity contribution in [1.82, 2.24) is 19.6 Å². The second kappa shape index (κ2) is 4.78. The number of anilines is 1. The summed E-state index contributed by atoms with van der Waals surface area (Å²) >= 11 is 1.60. The maximum absolute atomic E-state index is 4.64. The summed E-state index contributed by atoms with van der Waals surface area (Å²) in [4.78, 5) is 9.69. The molecule has 3 aromatic heterocycles. The van der Waals surface area contributed by atoms with Gasteiger partial charge in [-0.25, -0.2) is 9.50 Å². The number of nitrogens with one attached hydrogen (secondary N) is 1. The fraction of sp³-hybridized carbons (Fsp3) is 0.438. The van der Waals surface area contributed by atoms with Gasteiger partial charge >= 0.3 is 0 Å². The molecule has 1 aliphatic rings. The molecular formula is C16H19N5S. The molecule has 0 aromatic carbocycles. The number of pyridine rings is 1. The molecule has 114 valence electrons. The zero-order valence-corrected chi connectivity index (χ0v) is 13.8. The molecule has 5 nitrogen and oxygen atoms in total. The van der Waals surface area contributed by atoms with Gasteiger partial charge in [-0.1, -0.05) is 32.1 Å². The lowest BCUT2D eigenvalue weighted by molar-refractivity contribution is 0.388. The Morgan fingerprint density at radius 3 is 2.95 bits per heavy atom. The Labute approximate surface area is 133 Å². The normalized spacial score (nSPS) is 24.1. The van der Waals surface area contributed by atoms with E-state index in [0.717, 1.165) is 21.3 Å². The molecule has 1 aliphatic carbocycles. The van der Waals surface area contributed by atoms with E-state index in [2.05, 4.69) is 41.2 Å². The van der Waals surface area contributed by atoms with E-state index in [9.17, 15) is 0 Å². The van der Waals surface area contributed by atoms with Crippen LogP contribution in [0.2, 0.25) is 0 Å². The van der Waals surface area contributed by atoms with Gasteiger partial charge in [-0.2, -0.15) is 0 Å². The highest BCUT2D eigenvalue weighted by molar-refractivity contribution is 7.20. The lowest BCUT2D eigenvalue weighted by atomic mass is 9.94. The predicted octanol–water partition coefficient (Wildman–Crippen LogP) is 3.70. The topological polar surface area (TPSA) is 55.1 Å². The van der Waals surface area contributed by atoms with Crippen LogP contribution in [0.4, 0.5) is 5.13 Å². The lowest BCUT2D eigenvalue weighted by Crippen LogP contribution is -2.16. The molecule has 2 unspecified atom stereocenters. The van der Waals surface area contributed by atoms with Crippen molar-refractivity contribution in [2.45, 2.75) is 33.2 Å². The summed E-state index contributed by atoms with van der Waals surface area (Å²) < 4.78 is 1.85.